The van der Waals surface area contributed by atoms with E-state index in [1.165, 1.54) is 6.07 Å². The predicted molar refractivity (Wildman–Crippen MR) is 127 cm³/mol. The number of unbranched alkanes of at least 4 members (excludes halogenated alkanes) is 1. The van der Waals surface area contributed by atoms with Gasteiger partial charge in [0.2, 0.25) is 0 Å². The Hall–Kier alpha value is -3.55. The first-order valence-corrected chi connectivity index (χ1v) is 11.9. The summed E-state index contributed by atoms with van der Waals surface area (Å²) in [7, 11) is 0. The van der Waals surface area contributed by atoms with Crippen molar-refractivity contribution in [2.75, 3.05) is 24.5 Å². The van der Waals surface area contributed by atoms with Gasteiger partial charge in [0.15, 0.2) is 0 Å². The van der Waals surface area contributed by atoms with Gasteiger partial charge in [0.1, 0.15) is 11.4 Å². The number of aromatic nitrogens is 2. The minimum absolute atomic E-state index is 0.231. The van der Waals surface area contributed by atoms with Gasteiger partial charge < -0.3 is 4.74 Å². The molecule has 0 N–H and O–H groups in total. The van der Waals surface area contributed by atoms with E-state index in [0.717, 1.165) is 67.6 Å². The molecule has 2 aliphatic heterocycles. The largest absolute Gasteiger partial charge is 0.441 e. The summed E-state index contributed by atoms with van der Waals surface area (Å²) in [6, 6.07) is 14.6. The van der Waals surface area contributed by atoms with Gasteiger partial charge >= 0.3 is 12.2 Å². The molecular formula is C26H29FN4O4. The molecule has 1 aromatic heterocycles. The second kappa shape index (κ2) is 10.8. The Bertz CT molecular complexity index is 1200. The molecule has 3 aromatic rings. The van der Waals surface area contributed by atoms with Crippen molar-refractivity contribution in [2.45, 2.75) is 51.3 Å². The molecule has 2 aliphatic rings. The van der Waals surface area contributed by atoms with E-state index in [9.17, 15) is 9.18 Å². The minimum atomic E-state index is -0.432. The molecule has 0 bridgehead atoms. The number of halogens is 1. The number of anilines is 1. The number of hydrogen-bond donors (Lipinski definition) is 0. The molecule has 5 rings (SSSR count). The highest BCUT2D eigenvalue weighted by molar-refractivity contribution is 5.90. The van der Waals surface area contributed by atoms with Crippen molar-refractivity contribution in [1.82, 2.24) is 14.7 Å². The van der Waals surface area contributed by atoms with Gasteiger partial charge in [-0.05, 0) is 36.8 Å². The zero-order valence-electron chi connectivity index (χ0n) is 19.8. The number of para-hydroxylation sites is 1. The zero-order valence-corrected chi connectivity index (χ0v) is 19.8. The van der Waals surface area contributed by atoms with Crippen LogP contribution in [0.15, 0.2) is 48.5 Å². The number of fused-ring (bicyclic) bond motifs is 1. The summed E-state index contributed by atoms with van der Waals surface area (Å²) in [5.41, 5.74) is 2.35. The molecule has 0 radical (unpaired) electrons. The average molecular weight is 481 g/mol. The van der Waals surface area contributed by atoms with E-state index in [2.05, 4.69) is 11.8 Å². The lowest BCUT2D eigenvalue weighted by Gasteiger charge is -2.37. The molecule has 2 fully saturated rings. The van der Waals surface area contributed by atoms with Crippen molar-refractivity contribution in [3.63, 3.8) is 0 Å². The number of hydrogen-bond acceptors (Lipinski definition) is 6. The molecule has 3 heterocycles. The minimum Gasteiger partial charge on any atom is -0.441 e. The number of carbonyl (C=O) groups excluding carboxylic acids is 3. The number of nitrogens with zero attached hydrogens (tertiary/aromatic N) is 4. The molecule has 0 atom stereocenters. The molecule has 184 valence electrons. The van der Waals surface area contributed by atoms with Crippen LogP contribution in [-0.4, -0.2) is 52.2 Å². The Labute approximate surface area is 203 Å². The van der Waals surface area contributed by atoms with Crippen molar-refractivity contribution < 1.29 is 23.5 Å². The summed E-state index contributed by atoms with van der Waals surface area (Å²) in [6.07, 6.45) is 3.68. The van der Waals surface area contributed by atoms with E-state index >= 15 is 0 Å². The van der Waals surface area contributed by atoms with Crippen molar-refractivity contribution >= 4 is 28.8 Å². The van der Waals surface area contributed by atoms with Crippen LogP contribution in [0.5, 0.6) is 0 Å². The number of amides is 1. The fourth-order valence-electron chi connectivity index (χ4n) is 4.83. The third-order valence-electron chi connectivity index (χ3n) is 6.69. The monoisotopic (exact) mass is 480 g/mol. The van der Waals surface area contributed by atoms with Crippen molar-refractivity contribution in [3.8, 4) is 0 Å². The number of likely N-dealkylation sites (tertiary alicyclic amines) is 1. The molecular weight excluding hydrogens is 451 g/mol. The average Bonchev–Trinajstić information content (AvgIpc) is 3.37. The maximum Gasteiger partial charge on any atom is 0.415 e. The van der Waals surface area contributed by atoms with Crippen molar-refractivity contribution in [2.24, 2.45) is 0 Å². The quantitative estimate of drug-likeness (QED) is 0.521. The summed E-state index contributed by atoms with van der Waals surface area (Å²) >= 11 is 0. The number of piperidine rings is 1. The fourth-order valence-corrected chi connectivity index (χ4v) is 4.83. The summed E-state index contributed by atoms with van der Waals surface area (Å²) < 4.78 is 21.9. The smallest absolute Gasteiger partial charge is 0.415 e. The second-order valence-electron chi connectivity index (χ2n) is 9.02. The highest BCUT2D eigenvalue weighted by atomic mass is 19.1. The van der Waals surface area contributed by atoms with Gasteiger partial charge in [-0.15, -0.1) is 0 Å². The predicted octanol–water partition coefficient (Wildman–Crippen LogP) is 4.38. The van der Waals surface area contributed by atoms with Crippen LogP contribution >= 0.6 is 0 Å². The molecule has 0 aliphatic carbocycles. The van der Waals surface area contributed by atoms with Gasteiger partial charge in [0.25, 0.3) is 0 Å². The van der Waals surface area contributed by atoms with Crippen LogP contribution in [0.3, 0.4) is 0 Å². The van der Waals surface area contributed by atoms with Crippen LogP contribution in [-0.2, 0) is 27.4 Å². The fraction of sp³-hybridized carbons (Fsp3) is 0.423. The molecule has 0 saturated carbocycles. The third kappa shape index (κ3) is 5.42. The normalized spacial score (nSPS) is 17.2. The summed E-state index contributed by atoms with van der Waals surface area (Å²) in [5.74, 6) is -0.231. The lowest BCUT2D eigenvalue weighted by atomic mass is 9.91. The number of aryl methyl sites for hydroxylation is 1. The standard InChI is InChI=1S/C25H29FN4O2.CO2/c1-2-3-13-30-23-10-9-19(26)16-21(23)22(27-30)17-28-14-11-25(12-15-28)18-29(24(31)32-25)20-7-5-4-6-8-20;2-1-3/h4-10,16H,2-3,11-15,17-18H2,1H3;. The highest BCUT2D eigenvalue weighted by Gasteiger charge is 2.47. The Morgan fingerprint density at radius 3 is 2.51 bits per heavy atom. The third-order valence-corrected chi connectivity index (χ3v) is 6.69. The number of rotatable bonds is 6. The van der Waals surface area contributed by atoms with E-state index in [0.29, 0.717) is 13.1 Å². The van der Waals surface area contributed by atoms with Gasteiger partial charge in [-0.1, -0.05) is 31.5 Å². The lowest BCUT2D eigenvalue weighted by Crippen LogP contribution is -2.46. The van der Waals surface area contributed by atoms with Crippen LogP contribution in [0.2, 0.25) is 0 Å². The van der Waals surface area contributed by atoms with Gasteiger partial charge in [0.05, 0.1) is 17.8 Å². The first-order valence-electron chi connectivity index (χ1n) is 11.9. The van der Waals surface area contributed by atoms with E-state index in [1.54, 1.807) is 11.0 Å². The number of benzene rings is 2. The Balaban J connectivity index is 0.000000917. The molecule has 2 saturated heterocycles. The summed E-state index contributed by atoms with van der Waals surface area (Å²) in [5, 5.41) is 5.72. The van der Waals surface area contributed by atoms with E-state index in [1.807, 2.05) is 41.1 Å². The summed E-state index contributed by atoms with van der Waals surface area (Å²) in [6.45, 7) is 5.88. The molecule has 8 nitrogen and oxygen atoms in total. The lowest BCUT2D eigenvalue weighted by molar-refractivity contribution is -0.191. The van der Waals surface area contributed by atoms with Gasteiger partial charge in [-0.2, -0.15) is 14.7 Å². The molecule has 1 amide bonds. The number of carbonyl (C=O) groups is 1. The van der Waals surface area contributed by atoms with Crippen LogP contribution in [0.1, 0.15) is 38.3 Å². The topological polar surface area (TPSA) is 84.7 Å². The van der Waals surface area contributed by atoms with Gasteiger partial charge in [-0.3, -0.25) is 14.5 Å². The van der Waals surface area contributed by atoms with E-state index in [4.69, 9.17) is 19.4 Å². The van der Waals surface area contributed by atoms with Gasteiger partial charge in [0, 0.05) is 50.1 Å². The summed E-state index contributed by atoms with van der Waals surface area (Å²) in [4.78, 5) is 32.9. The zero-order chi connectivity index (χ0) is 24.8. The van der Waals surface area contributed by atoms with Gasteiger partial charge in [-0.25, -0.2) is 9.18 Å². The SMILES string of the molecule is CCCCn1nc(CN2CCC3(CC2)CN(c2ccccc2)C(=O)O3)c2cc(F)ccc21.O=C=O. The Kier molecular flexibility index (Phi) is 7.58. The van der Waals surface area contributed by atoms with Crippen LogP contribution < -0.4 is 4.90 Å². The molecule has 35 heavy (non-hydrogen) atoms. The van der Waals surface area contributed by atoms with Crippen LogP contribution in [0, 0.1) is 5.82 Å². The second-order valence-corrected chi connectivity index (χ2v) is 9.02. The maximum absolute atomic E-state index is 14.0. The number of ether oxygens (including phenoxy) is 1. The molecule has 2 aromatic carbocycles. The highest BCUT2D eigenvalue weighted by Crippen LogP contribution is 2.36. The van der Waals surface area contributed by atoms with Crippen molar-refractivity contribution in [1.29, 1.82) is 0 Å². The Morgan fingerprint density at radius 1 is 1.11 bits per heavy atom. The van der Waals surface area contributed by atoms with Crippen LogP contribution in [0.25, 0.3) is 10.9 Å². The van der Waals surface area contributed by atoms with E-state index < -0.39 is 5.60 Å². The maximum atomic E-state index is 14.0. The van der Waals surface area contributed by atoms with Crippen LogP contribution in [0.4, 0.5) is 14.9 Å². The molecule has 0 unspecified atom stereocenters. The first kappa shape index (κ1) is 24.6. The first-order chi connectivity index (χ1) is 17.0. The molecule has 1 spiro atoms. The molecule has 9 heteroatoms. The Morgan fingerprint density at radius 2 is 1.83 bits per heavy atom. The van der Waals surface area contributed by atoms with E-state index in [-0.39, 0.29) is 18.1 Å². The van der Waals surface area contributed by atoms with Crippen molar-refractivity contribution in [3.05, 3.63) is 60.0 Å².